The highest BCUT2D eigenvalue weighted by Gasteiger charge is 2.48. The van der Waals surface area contributed by atoms with Crippen molar-refractivity contribution >= 4 is 26.5 Å². The highest BCUT2D eigenvalue weighted by atomic mass is 31.1. The van der Waals surface area contributed by atoms with E-state index in [4.69, 9.17) is 24.2 Å². The lowest BCUT2D eigenvalue weighted by molar-refractivity contribution is 0.292. The minimum absolute atomic E-state index is 0.00150. The van der Waals surface area contributed by atoms with E-state index < -0.39 is 15.8 Å². The maximum atomic E-state index is 6.84. The van der Waals surface area contributed by atoms with E-state index in [2.05, 4.69) is 109 Å². The Labute approximate surface area is 252 Å². The van der Waals surface area contributed by atoms with Gasteiger partial charge in [0.15, 0.2) is 11.7 Å². The van der Waals surface area contributed by atoms with E-state index in [0.717, 1.165) is 35.0 Å². The molecule has 0 saturated carbocycles. The largest absolute Gasteiger partial charge is 0.481 e. The molecule has 0 spiro atoms. The van der Waals surface area contributed by atoms with Gasteiger partial charge in [0.2, 0.25) is 5.88 Å². The average molecular weight is 599 g/mol. The normalized spacial score (nSPS) is 21.3. The summed E-state index contributed by atoms with van der Waals surface area (Å²) < 4.78 is 19.1. The van der Waals surface area contributed by atoms with Crippen molar-refractivity contribution < 1.29 is 14.2 Å². The molecule has 0 unspecified atom stereocenters. The van der Waals surface area contributed by atoms with Gasteiger partial charge in [0, 0.05) is 22.4 Å². The molecule has 2 aliphatic heterocycles. The maximum absolute atomic E-state index is 6.84. The molecule has 0 N–H and O–H groups in total. The molecular weight excluding hydrogens is 558 g/mol. The molecule has 0 aliphatic carbocycles. The molecule has 4 heterocycles. The molecule has 7 heteroatoms. The van der Waals surface area contributed by atoms with Crippen LogP contribution in [0.25, 0.3) is 11.1 Å². The Balaban J connectivity index is 1.52. The van der Waals surface area contributed by atoms with E-state index in [9.17, 15) is 0 Å². The first-order chi connectivity index (χ1) is 20.0. The molecule has 2 aromatic heterocycles. The van der Waals surface area contributed by atoms with Crippen molar-refractivity contribution in [3.63, 3.8) is 0 Å². The van der Waals surface area contributed by atoms with Gasteiger partial charge in [-0.1, -0.05) is 84.9 Å². The number of aryl methyl sites for hydroxylation is 1. The van der Waals surface area contributed by atoms with Crippen molar-refractivity contribution in [1.82, 2.24) is 9.97 Å². The van der Waals surface area contributed by atoms with Crippen LogP contribution in [-0.2, 0) is 6.42 Å². The van der Waals surface area contributed by atoms with Gasteiger partial charge >= 0.3 is 0 Å². The third-order valence-electron chi connectivity index (χ3n) is 7.81. The number of hydrogen-bond acceptors (Lipinski definition) is 5. The summed E-state index contributed by atoms with van der Waals surface area (Å²) in [6.45, 7) is 16.2. The van der Waals surface area contributed by atoms with Crippen LogP contribution in [0.1, 0.15) is 77.2 Å². The lowest BCUT2D eigenvalue weighted by Gasteiger charge is -2.34. The van der Waals surface area contributed by atoms with Crippen LogP contribution in [0.3, 0.4) is 0 Å². The zero-order valence-corrected chi connectivity index (χ0v) is 27.6. The van der Waals surface area contributed by atoms with E-state index in [0.29, 0.717) is 5.88 Å². The van der Waals surface area contributed by atoms with E-state index in [1.165, 1.54) is 21.7 Å². The minimum Gasteiger partial charge on any atom is -0.481 e. The van der Waals surface area contributed by atoms with Crippen LogP contribution < -0.4 is 24.8 Å². The topological polar surface area (TPSA) is 53.5 Å². The molecular formula is C35H40N2O3P2. The van der Waals surface area contributed by atoms with Gasteiger partial charge in [-0.05, 0) is 74.0 Å². The van der Waals surface area contributed by atoms with Crippen molar-refractivity contribution in [2.45, 2.75) is 76.9 Å². The number of nitrogens with zero attached hydrogens (tertiary/aromatic N) is 2. The second kappa shape index (κ2) is 10.9. The van der Waals surface area contributed by atoms with Gasteiger partial charge in [-0.3, -0.25) is 4.98 Å². The van der Waals surface area contributed by atoms with Crippen molar-refractivity contribution in [2.75, 3.05) is 7.11 Å². The molecule has 2 aromatic carbocycles. The first kappa shape index (κ1) is 29.1. The van der Waals surface area contributed by atoms with Crippen LogP contribution >= 0.6 is 15.8 Å². The smallest absolute Gasteiger partial charge is 0.213 e. The fourth-order valence-electron chi connectivity index (χ4n) is 6.02. The van der Waals surface area contributed by atoms with Crippen LogP contribution in [-0.4, -0.2) is 27.4 Å². The van der Waals surface area contributed by atoms with Gasteiger partial charge in [-0.25, -0.2) is 4.98 Å². The Kier molecular flexibility index (Phi) is 7.57. The molecule has 0 radical (unpaired) electrons. The third-order valence-corrected chi connectivity index (χ3v) is 14.3. The molecule has 4 atom stereocenters. The van der Waals surface area contributed by atoms with Crippen LogP contribution in [0.2, 0.25) is 0 Å². The Hall–Kier alpha value is -3.00. The van der Waals surface area contributed by atoms with Crippen molar-refractivity contribution in [2.24, 2.45) is 0 Å². The van der Waals surface area contributed by atoms with Gasteiger partial charge in [0.05, 0.1) is 18.5 Å². The zero-order chi connectivity index (χ0) is 29.8. The van der Waals surface area contributed by atoms with Crippen LogP contribution in [0, 0.1) is 0 Å². The number of rotatable bonds is 5. The van der Waals surface area contributed by atoms with Gasteiger partial charge in [0.1, 0.15) is 11.5 Å². The highest BCUT2D eigenvalue weighted by Crippen LogP contribution is 2.68. The molecule has 218 valence electrons. The van der Waals surface area contributed by atoms with E-state index in [1.807, 2.05) is 12.1 Å². The molecule has 4 aromatic rings. The van der Waals surface area contributed by atoms with Crippen molar-refractivity contribution in [3.8, 4) is 28.5 Å². The van der Waals surface area contributed by atoms with Gasteiger partial charge in [0.25, 0.3) is 0 Å². The summed E-state index contributed by atoms with van der Waals surface area (Å²) in [6.07, 6.45) is 0.905. The number of ether oxygens (including phenoxy) is 3. The summed E-state index contributed by atoms with van der Waals surface area (Å²) in [7, 11) is 0.0991. The summed E-state index contributed by atoms with van der Waals surface area (Å²) in [4.78, 5) is 9.87. The molecule has 0 fully saturated rings. The zero-order valence-electron chi connectivity index (χ0n) is 25.8. The number of hydrogen-bond donors (Lipinski definition) is 0. The number of aromatic nitrogens is 2. The summed E-state index contributed by atoms with van der Waals surface area (Å²) >= 11 is 0. The standard InChI is InChI=1S/C35H40N2O3P2/c1-9-22-14-10-17-25(36-22)32-39-27-19-11-15-23(30(27)41(32)34(2,3)4)24-16-12-20-28-31(24)42(35(5,6)7)33(40-28)26-18-13-21-29(37-26)38-8/h10-21,32-33H,9H2,1-8H3/t32-,33-,41-,42-/m1/s1. The molecule has 5 nitrogen and oxygen atoms in total. The number of benzene rings is 2. The molecule has 0 bridgehead atoms. The fourth-order valence-corrected chi connectivity index (χ4v) is 12.1. The summed E-state index contributed by atoms with van der Waals surface area (Å²) in [5.74, 6) is 2.29. The quantitative estimate of drug-likeness (QED) is 0.215. The lowest BCUT2D eigenvalue weighted by Crippen LogP contribution is -2.24. The number of pyridine rings is 2. The summed E-state index contributed by atoms with van der Waals surface area (Å²) in [5.41, 5.74) is 5.53. The average Bonchev–Trinajstić information content (AvgIpc) is 3.57. The molecule has 6 rings (SSSR count). The molecule has 0 saturated heterocycles. The Morgan fingerprint density at radius 3 is 1.62 bits per heavy atom. The van der Waals surface area contributed by atoms with Crippen LogP contribution in [0.4, 0.5) is 0 Å². The molecule has 0 amide bonds. The van der Waals surface area contributed by atoms with Crippen LogP contribution in [0.15, 0.2) is 72.8 Å². The number of fused-ring (bicyclic) bond motifs is 2. The highest BCUT2D eigenvalue weighted by molar-refractivity contribution is 7.69. The number of methoxy groups -OCH3 is 1. The lowest BCUT2D eigenvalue weighted by atomic mass is 10.0. The Bertz CT molecular complexity index is 1500. The summed E-state index contributed by atoms with van der Waals surface area (Å²) in [5, 5.41) is 2.61. The maximum Gasteiger partial charge on any atom is 0.213 e. The second-order valence-corrected chi connectivity index (χ2v) is 18.8. The fraction of sp³-hybridized carbons (Fsp3) is 0.371. The van der Waals surface area contributed by atoms with Crippen molar-refractivity contribution in [1.29, 1.82) is 0 Å². The Morgan fingerprint density at radius 2 is 1.14 bits per heavy atom. The van der Waals surface area contributed by atoms with Gasteiger partial charge < -0.3 is 14.2 Å². The molecule has 2 aliphatic rings. The molecule has 42 heavy (non-hydrogen) atoms. The SMILES string of the molecule is CCc1cccc([C@@H]2Oc3cccc(-c4cccc5c4[P@@](C(C)(C)C)[C@H](c4cccc(OC)n4)O5)c3[P@@]2C(C)(C)C)n1. The van der Waals surface area contributed by atoms with E-state index in [1.54, 1.807) is 7.11 Å². The van der Waals surface area contributed by atoms with E-state index in [-0.39, 0.29) is 22.0 Å². The predicted molar refractivity (Wildman–Crippen MR) is 176 cm³/mol. The Morgan fingerprint density at radius 1 is 0.667 bits per heavy atom. The van der Waals surface area contributed by atoms with Gasteiger partial charge in [-0.15, -0.1) is 0 Å². The van der Waals surface area contributed by atoms with Gasteiger partial charge in [-0.2, -0.15) is 0 Å². The third kappa shape index (κ3) is 5.10. The predicted octanol–water partition coefficient (Wildman–Crippen LogP) is 8.71. The van der Waals surface area contributed by atoms with E-state index >= 15 is 0 Å². The minimum atomic E-state index is -0.800. The first-order valence-corrected chi connectivity index (χ1v) is 17.5. The second-order valence-electron chi connectivity index (χ2n) is 12.8. The first-order valence-electron chi connectivity index (χ1n) is 14.7. The monoisotopic (exact) mass is 598 g/mol. The van der Waals surface area contributed by atoms with Crippen molar-refractivity contribution in [3.05, 3.63) is 89.9 Å². The van der Waals surface area contributed by atoms with Crippen LogP contribution in [0.5, 0.6) is 17.4 Å². The summed E-state index contributed by atoms with van der Waals surface area (Å²) in [6, 6.07) is 25.4.